The SMILES string of the molecule is CCCCC[C@H](O)CC[C@H]1CCC(=O)C1Cc1ccccc1CCCC(=O)OC. The van der Waals surface area contributed by atoms with Gasteiger partial charge < -0.3 is 9.84 Å². The first kappa shape index (κ1) is 23.6. The van der Waals surface area contributed by atoms with E-state index in [1.165, 1.54) is 31.1 Å². The Hall–Kier alpha value is -1.68. The molecule has 4 nitrogen and oxygen atoms in total. The Morgan fingerprint density at radius 2 is 1.93 bits per heavy atom. The van der Waals surface area contributed by atoms with Gasteiger partial charge in [0.25, 0.3) is 0 Å². The number of unbranched alkanes of at least 4 members (excludes halogenated alkanes) is 2. The smallest absolute Gasteiger partial charge is 0.305 e. The van der Waals surface area contributed by atoms with Gasteiger partial charge in [-0.1, -0.05) is 50.5 Å². The maximum Gasteiger partial charge on any atom is 0.305 e. The summed E-state index contributed by atoms with van der Waals surface area (Å²) in [4.78, 5) is 23.9. The molecule has 1 N–H and O–H groups in total. The number of aliphatic hydroxyl groups is 1. The molecule has 4 heteroatoms. The molecule has 0 radical (unpaired) electrons. The number of benzene rings is 1. The first-order valence-electron chi connectivity index (χ1n) is 11.4. The van der Waals surface area contributed by atoms with Crippen LogP contribution in [0.25, 0.3) is 0 Å². The maximum atomic E-state index is 12.6. The summed E-state index contributed by atoms with van der Waals surface area (Å²) in [6.07, 6.45) is 10.2. The Kier molecular flexibility index (Phi) is 10.4. The summed E-state index contributed by atoms with van der Waals surface area (Å²) in [6, 6.07) is 8.29. The molecule has 0 spiro atoms. The minimum Gasteiger partial charge on any atom is -0.469 e. The third-order valence-electron chi connectivity index (χ3n) is 6.37. The Morgan fingerprint density at radius 3 is 2.66 bits per heavy atom. The van der Waals surface area contributed by atoms with E-state index in [-0.39, 0.29) is 18.0 Å². The topological polar surface area (TPSA) is 63.6 Å². The number of hydrogen-bond donors (Lipinski definition) is 1. The highest BCUT2D eigenvalue weighted by atomic mass is 16.5. The Labute approximate surface area is 176 Å². The van der Waals surface area contributed by atoms with Gasteiger partial charge in [-0.25, -0.2) is 0 Å². The standard InChI is InChI=1S/C25H38O4/c1-3-4-5-12-22(26)16-14-20-15-17-24(27)23(20)18-21-10-7-6-9-19(21)11-8-13-25(28)29-2/h6-7,9-10,20,22-23,26H,3-5,8,11-18H2,1-2H3/t20-,22-,23?/m0/s1. The number of ketones is 1. The number of Topliss-reactive ketones (excluding diaryl/α,β-unsaturated/α-hetero) is 1. The van der Waals surface area contributed by atoms with Gasteiger partial charge in [-0.05, 0) is 62.0 Å². The molecule has 1 aromatic rings. The molecule has 1 aromatic carbocycles. The first-order valence-corrected chi connectivity index (χ1v) is 11.4. The molecule has 1 unspecified atom stereocenters. The van der Waals surface area contributed by atoms with E-state index in [0.717, 1.165) is 51.4 Å². The van der Waals surface area contributed by atoms with Gasteiger partial charge in [0.15, 0.2) is 0 Å². The fraction of sp³-hybridized carbons (Fsp3) is 0.680. The molecule has 1 aliphatic rings. The normalized spacial score (nSPS) is 20.0. The van der Waals surface area contributed by atoms with Gasteiger partial charge in [0.1, 0.15) is 5.78 Å². The third-order valence-corrected chi connectivity index (χ3v) is 6.37. The Bertz CT molecular complexity index is 639. The highest BCUT2D eigenvalue weighted by molar-refractivity contribution is 5.83. The van der Waals surface area contributed by atoms with Crippen LogP contribution in [0.1, 0.15) is 82.3 Å². The summed E-state index contributed by atoms with van der Waals surface area (Å²) in [5.41, 5.74) is 2.46. The summed E-state index contributed by atoms with van der Waals surface area (Å²) in [5.74, 6) is 0.650. The van der Waals surface area contributed by atoms with E-state index < -0.39 is 0 Å². The minimum absolute atomic E-state index is 0.0691. The van der Waals surface area contributed by atoms with Crippen molar-refractivity contribution in [2.24, 2.45) is 11.8 Å². The number of esters is 1. The lowest BCUT2D eigenvalue weighted by atomic mass is 9.83. The number of carbonyl (C=O) groups excluding carboxylic acids is 2. The van der Waals surface area contributed by atoms with Crippen LogP contribution in [-0.4, -0.2) is 30.1 Å². The van der Waals surface area contributed by atoms with Crippen LogP contribution in [0.2, 0.25) is 0 Å². The van der Waals surface area contributed by atoms with E-state index >= 15 is 0 Å². The zero-order chi connectivity index (χ0) is 21.1. The molecule has 0 heterocycles. The number of ether oxygens (including phenoxy) is 1. The van der Waals surface area contributed by atoms with Crippen LogP contribution in [-0.2, 0) is 27.2 Å². The van der Waals surface area contributed by atoms with Gasteiger partial charge in [0.2, 0.25) is 0 Å². The maximum absolute atomic E-state index is 12.6. The first-order chi connectivity index (χ1) is 14.0. The zero-order valence-corrected chi connectivity index (χ0v) is 18.2. The summed E-state index contributed by atoms with van der Waals surface area (Å²) >= 11 is 0. The van der Waals surface area contributed by atoms with E-state index in [2.05, 4.69) is 19.1 Å². The quantitative estimate of drug-likeness (QED) is 0.371. The predicted octanol–water partition coefficient (Wildman–Crippen LogP) is 5.04. The fourth-order valence-corrected chi connectivity index (χ4v) is 4.55. The number of methoxy groups -OCH3 is 1. The number of hydrogen-bond acceptors (Lipinski definition) is 4. The molecule has 0 aliphatic heterocycles. The van der Waals surface area contributed by atoms with Crippen molar-refractivity contribution in [1.29, 1.82) is 0 Å². The molecule has 3 atom stereocenters. The van der Waals surface area contributed by atoms with E-state index in [0.29, 0.717) is 24.5 Å². The fourth-order valence-electron chi connectivity index (χ4n) is 4.55. The van der Waals surface area contributed by atoms with E-state index in [4.69, 9.17) is 4.74 Å². The number of rotatable bonds is 13. The second kappa shape index (κ2) is 12.8. The van der Waals surface area contributed by atoms with Gasteiger partial charge in [-0.3, -0.25) is 9.59 Å². The molecular weight excluding hydrogens is 364 g/mol. The number of aryl methyl sites for hydroxylation is 1. The zero-order valence-electron chi connectivity index (χ0n) is 18.2. The lowest BCUT2D eigenvalue weighted by Crippen LogP contribution is -2.20. The summed E-state index contributed by atoms with van der Waals surface area (Å²) in [5, 5.41) is 10.3. The van der Waals surface area contributed by atoms with Crippen molar-refractivity contribution in [3.63, 3.8) is 0 Å². The van der Waals surface area contributed by atoms with Crippen LogP contribution < -0.4 is 0 Å². The molecule has 1 fully saturated rings. The van der Waals surface area contributed by atoms with Gasteiger partial charge in [-0.15, -0.1) is 0 Å². The van der Waals surface area contributed by atoms with E-state index in [9.17, 15) is 14.7 Å². The average molecular weight is 403 g/mol. The summed E-state index contributed by atoms with van der Waals surface area (Å²) in [6.45, 7) is 2.18. The van der Waals surface area contributed by atoms with Crippen LogP contribution in [0, 0.1) is 11.8 Å². The molecule has 0 amide bonds. The molecule has 0 saturated heterocycles. The van der Waals surface area contributed by atoms with Crippen molar-refractivity contribution < 1.29 is 19.4 Å². The van der Waals surface area contributed by atoms with Crippen molar-refractivity contribution in [1.82, 2.24) is 0 Å². The summed E-state index contributed by atoms with van der Waals surface area (Å²) in [7, 11) is 1.42. The second-order valence-corrected chi connectivity index (χ2v) is 8.50. The van der Waals surface area contributed by atoms with E-state index in [1.54, 1.807) is 0 Å². The molecule has 1 saturated carbocycles. The van der Waals surface area contributed by atoms with Crippen LogP contribution in [0.5, 0.6) is 0 Å². The molecular formula is C25H38O4. The lowest BCUT2D eigenvalue weighted by Gasteiger charge is -2.21. The van der Waals surface area contributed by atoms with Crippen molar-refractivity contribution in [2.45, 2.75) is 90.1 Å². The molecule has 1 aliphatic carbocycles. The monoisotopic (exact) mass is 402 g/mol. The third kappa shape index (κ3) is 7.93. The Balaban J connectivity index is 1.91. The summed E-state index contributed by atoms with van der Waals surface area (Å²) < 4.78 is 4.73. The van der Waals surface area contributed by atoms with Crippen LogP contribution >= 0.6 is 0 Å². The van der Waals surface area contributed by atoms with Crippen molar-refractivity contribution in [3.05, 3.63) is 35.4 Å². The highest BCUT2D eigenvalue weighted by Gasteiger charge is 2.34. The van der Waals surface area contributed by atoms with Gasteiger partial charge >= 0.3 is 5.97 Å². The second-order valence-electron chi connectivity index (χ2n) is 8.50. The van der Waals surface area contributed by atoms with Crippen LogP contribution in [0.4, 0.5) is 0 Å². The highest BCUT2D eigenvalue weighted by Crippen LogP contribution is 2.36. The Morgan fingerprint density at radius 1 is 1.17 bits per heavy atom. The van der Waals surface area contributed by atoms with E-state index in [1.807, 2.05) is 12.1 Å². The molecule has 29 heavy (non-hydrogen) atoms. The lowest BCUT2D eigenvalue weighted by molar-refractivity contribution is -0.140. The van der Waals surface area contributed by atoms with Crippen LogP contribution in [0.15, 0.2) is 24.3 Å². The largest absolute Gasteiger partial charge is 0.469 e. The van der Waals surface area contributed by atoms with Gasteiger partial charge in [0.05, 0.1) is 13.2 Å². The van der Waals surface area contributed by atoms with Crippen molar-refractivity contribution in [2.75, 3.05) is 7.11 Å². The molecule has 0 aromatic heterocycles. The predicted molar refractivity (Wildman–Crippen MR) is 116 cm³/mol. The number of aliphatic hydroxyl groups excluding tert-OH is 1. The van der Waals surface area contributed by atoms with Gasteiger partial charge in [0, 0.05) is 18.8 Å². The van der Waals surface area contributed by atoms with Crippen LogP contribution in [0.3, 0.4) is 0 Å². The van der Waals surface area contributed by atoms with Crippen molar-refractivity contribution >= 4 is 11.8 Å². The molecule has 2 rings (SSSR count). The van der Waals surface area contributed by atoms with Gasteiger partial charge in [-0.2, -0.15) is 0 Å². The molecule has 0 bridgehead atoms. The number of carbonyl (C=O) groups is 2. The average Bonchev–Trinajstić information content (AvgIpc) is 3.07. The minimum atomic E-state index is -0.233. The molecule has 162 valence electrons. The van der Waals surface area contributed by atoms with Crippen molar-refractivity contribution in [3.8, 4) is 0 Å².